The molecule has 4 rings (SSSR count). The van der Waals surface area contributed by atoms with Gasteiger partial charge in [-0.3, -0.25) is 9.52 Å². The Hall–Kier alpha value is -2.96. The van der Waals surface area contributed by atoms with Crippen LogP contribution in [-0.2, 0) is 10.0 Å². The predicted molar refractivity (Wildman–Crippen MR) is 127 cm³/mol. The third-order valence-electron chi connectivity index (χ3n) is 5.69. The molecule has 1 aliphatic heterocycles. The molecular formula is C23H22F3N3O4S2. The molecule has 1 aromatic heterocycles. The van der Waals surface area contributed by atoms with Crippen molar-refractivity contribution in [1.82, 2.24) is 9.88 Å². The van der Waals surface area contributed by atoms with Gasteiger partial charge in [-0.15, -0.1) is 11.3 Å². The maximum absolute atomic E-state index is 12.9. The van der Waals surface area contributed by atoms with Gasteiger partial charge in [-0.1, -0.05) is 18.2 Å². The second kappa shape index (κ2) is 9.59. The zero-order valence-electron chi connectivity index (χ0n) is 18.3. The molecule has 7 nitrogen and oxygen atoms in total. The molecule has 1 saturated heterocycles. The van der Waals surface area contributed by atoms with E-state index in [0.717, 1.165) is 16.9 Å². The van der Waals surface area contributed by atoms with E-state index < -0.39 is 28.2 Å². The number of piperidine rings is 1. The average Bonchev–Trinajstić information content (AvgIpc) is 3.27. The number of hydrogen-bond acceptors (Lipinski definition) is 6. The molecule has 3 aromatic rings. The number of rotatable bonds is 6. The molecule has 35 heavy (non-hydrogen) atoms. The molecule has 186 valence electrons. The third-order valence-corrected chi connectivity index (χ3v) is 7.90. The number of hydrogen-bond donors (Lipinski definition) is 2. The first-order chi connectivity index (χ1) is 16.5. The number of halogens is 3. The van der Waals surface area contributed by atoms with Gasteiger partial charge in [0, 0.05) is 24.3 Å². The molecule has 0 radical (unpaired) electrons. The number of para-hydroxylation sites is 1. The Morgan fingerprint density at radius 2 is 1.86 bits per heavy atom. The molecule has 2 heterocycles. The summed E-state index contributed by atoms with van der Waals surface area (Å²) in [7, 11) is -3.90. The molecule has 0 aliphatic carbocycles. The lowest BCUT2D eigenvalue weighted by Crippen LogP contribution is -2.45. The van der Waals surface area contributed by atoms with Crippen LogP contribution in [-0.4, -0.2) is 54.2 Å². The topological polar surface area (TPSA) is 99.6 Å². The van der Waals surface area contributed by atoms with Crippen molar-refractivity contribution >= 4 is 43.2 Å². The van der Waals surface area contributed by atoms with E-state index >= 15 is 0 Å². The molecule has 0 bridgehead atoms. The van der Waals surface area contributed by atoms with Crippen LogP contribution in [0.5, 0.6) is 0 Å². The highest BCUT2D eigenvalue weighted by atomic mass is 32.2. The minimum Gasteiger partial charge on any atom is -0.386 e. The maximum Gasteiger partial charge on any atom is 0.392 e. The monoisotopic (exact) mass is 525 g/mol. The lowest BCUT2D eigenvalue weighted by atomic mass is 9.90. The number of carbonyl (C=O) groups excluding carboxylic acids is 1. The Morgan fingerprint density at radius 1 is 1.17 bits per heavy atom. The van der Waals surface area contributed by atoms with E-state index in [1.807, 2.05) is 0 Å². The number of nitrogens with one attached hydrogen (secondary N) is 1. The quantitative estimate of drug-likeness (QED) is 0.460. The lowest BCUT2D eigenvalue weighted by Gasteiger charge is -2.36. The smallest absolute Gasteiger partial charge is 0.386 e. The van der Waals surface area contributed by atoms with Gasteiger partial charge in [0.1, 0.15) is 10.4 Å². The summed E-state index contributed by atoms with van der Waals surface area (Å²) in [6.07, 6.45) is -3.15. The predicted octanol–water partition coefficient (Wildman–Crippen LogP) is 4.57. The molecule has 1 amide bonds. The summed E-state index contributed by atoms with van der Waals surface area (Å²) in [6.45, 7) is 0.357. The highest BCUT2D eigenvalue weighted by molar-refractivity contribution is 7.93. The Kier molecular flexibility index (Phi) is 6.89. The first kappa shape index (κ1) is 25.1. The standard InChI is InChI=1S/C23H22F3N3O4S2/c24-23(25,26)10-2-9-22(31)11-13-29(14-12-22)21(30)16-5-7-17(8-6-16)28-35(32,33)19-4-1-3-18-20(19)27-15-34-18/h1-9,15,28,31H,10-14H2/b9-2-. The van der Waals surface area contributed by atoms with Crippen LogP contribution in [0.15, 0.2) is 65.0 Å². The van der Waals surface area contributed by atoms with Gasteiger partial charge in [0.2, 0.25) is 0 Å². The van der Waals surface area contributed by atoms with Crippen molar-refractivity contribution < 1.29 is 31.5 Å². The summed E-state index contributed by atoms with van der Waals surface area (Å²) >= 11 is 1.34. The number of aliphatic hydroxyl groups is 1. The van der Waals surface area contributed by atoms with Gasteiger partial charge < -0.3 is 10.0 Å². The van der Waals surface area contributed by atoms with Crippen LogP contribution in [0.25, 0.3) is 10.2 Å². The van der Waals surface area contributed by atoms with Crippen molar-refractivity contribution in [3.8, 4) is 0 Å². The van der Waals surface area contributed by atoms with Crippen molar-refractivity contribution in [3.05, 3.63) is 65.7 Å². The van der Waals surface area contributed by atoms with E-state index in [0.29, 0.717) is 11.1 Å². The third kappa shape index (κ3) is 6.00. The molecule has 1 fully saturated rings. The second-order valence-corrected chi connectivity index (χ2v) is 10.8. The molecule has 0 saturated carbocycles. The minimum absolute atomic E-state index is 0.0569. The van der Waals surface area contributed by atoms with Crippen LogP contribution < -0.4 is 4.72 Å². The normalized spacial score (nSPS) is 16.6. The van der Waals surface area contributed by atoms with Crippen LogP contribution >= 0.6 is 11.3 Å². The number of sulfonamides is 1. The van der Waals surface area contributed by atoms with E-state index in [9.17, 15) is 31.5 Å². The van der Waals surface area contributed by atoms with E-state index in [4.69, 9.17) is 0 Å². The summed E-state index contributed by atoms with van der Waals surface area (Å²) in [4.78, 5) is 18.5. The molecule has 0 atom stereocenters. The van der Waals surface area contributed by atoms with Gasteiger partial charge >= 0.3 is 6.18 Å². The first-order valence-electron chi connectivity index (χ1n) is 10.7. The number of nitrogens with zero attached hydrogens (tertiary/aromatic N) is 2. The average molecular weight is 526 g/mol. The van der Waals surface area contributed by atoms with Crippen molar-refractivity contribution in [2.45, 2.75) is 35.9 Å². The van der Waals surface area contributed by atoms with Gasteiger partial charge in [-0.05, 0) is 49.2 Å². The van der Waals surface area contributed by atoms with Crippen LogP contribution in [0.3, 0.4) is 0 Å². The molecule has 12 heteroatoms. The van der Waals surface area contributed by atoms with E-state index in [1.54, 1.807) is 17.6 Å². The summed E-state index contributed by atoms with van der Waals surface area (Å²) in [5, 5.41) is 10.5. The molecule has 0 unspecified atom stereocenters. The highest BCUT2D eigenvalue weighted by Crippen LogP contribution is 2.28. The van der Waals surface area contributed by atoms with E-state index in [1.165, 1.54) is 46.6 Å². The zero-order chi connectivity index (χ0) is 25.3. The number of carbonyl (C=O) groups is 1. The number of benzene rings is 2. The molecule has 0 spiro atoms. The lowest BCUT2D eigenvalue weighted by molar-refractivity contribution is -0.125. The highest BCUT2D eigenvalue weighted by Gasteiger charge is 2.33. The number of fused-ring (bicyclic) bond motifs is 1. The molecule has 2 aromatic carbocycles. The Bertz CT molecular complexity index is 1340. The number of thiazole rings is 1. The number of aromatic nitrogens is 1. The fraction of sp³-hybridized carbons (Fsp3) is 0.304. The van der Waals surface area contributed by atoms with Crippen LogP contribution in [0.4, 0.5) is 18.9 Å². The fourth-order valence-corrected chi connectivity index (χ4v) is 5.83. The summed E-state index contributed by atoms with van der Waals surface area (Å²) in [5.41, 5.74) is 1.17. The summed E-state index contributed by atoms with van der Waals surface area (Å²) < 4.78 is 65.9. The van der Waals surface area contributed by atoms with Crippen LogP contribution in [0, 0.1) is 0 Å². The van der Waals surface area contributed by atoms with Gasteiger partial charge in [0.05, 0.1) is 22.2 Å². The summed E-state index contributed by atoms with van der Waals surface area (Å²) in [6, 6.07) is 10.8. The molecule has 1 aliphatic rings. The van der Waals surface area contributed by atoms with Crippen LogP contribution in [0.2, 0.25) is 0 Å². The second-order valence-electron chi connectivity index (χ2n) is 8.26. The Labute approximate surface area is 204 Å². The first-order valence-corrected chi connectivity index (χ1v) is 13.0. The zero-order valence-corrected chi connectivity index (χ0v) is 20.0. The van der Waals surface area contributed by atoms with Crippen molar-refractivity contribution in [1.29, 1.82) is 0 Å². The number of allylic oxidation sites excluding steroid dienone is 1. The van der Waals surface area contributed by atoms with Crippen molar-refractivity contribution in [2.24, 2.45) is 0 Å². The summed E-state index contributed by atoms with van der Waals surface area (Å²) in [5.74, 6) is -0.312. The van der Waals surface area contributed by atoms with Gasteiger partial charge in [-0.2, -0.15) is 13.2 Å². The molecule has 2 N–H and O–H groups in total. The largest absolute Gasteiger partial charge is 0.392 e. The van der Waals surface area contributed by atoms with Crippen LogP contribution in [0.1, 0.15) is 29.6 Å². The van der Waals surface area contributed by atoms with Crippen molar-refractivity contribution in [3.63, 3.8) is 0 Å². The Balaban J connectivity index is 1.38. The number of likely N-dealkylation sites (tertiary alicyclic amines) is 1. The van der Waals surface area contributed by atoms with Gasteiger partial charge in [0.15, 0.2) is 0 Å². The SMILES string of the molecule is O=C(c1ccc(NS(=O)(=O)c2cccc3scnc23)cc1)N1CCC(O)(/C=C\CC(F)(F)F)CC1. The van der Waals surface area contributed by atoms with Crippen molar-refractivity contribution in [2.75, 3.05) is 17.8 Å². The molecular weight excluding hydrogens is 503 g/mol. The Morgan fingerprint density at radius 3 is 2.51 bits per heavy atom. The maximum atomic E-state index is 12.9. The van der Waals surface area contributed by atoms with Gasteiger partial charge in [-0.25, -0.2) is 13.4 Å². The number of amides is 1. The van der Waals surface area contributed by atoms with E-state index in [2.05, 4.69) is 9.71 Å². The fourth-order valence-electron chi connectivity index (χ4n) is 3.83. The number of anilines is 1. The number of alkyl halides is 3. The van der Waals surface area contributed by atoms with E-state index in [-0.39, 0.29) is 42.4 Å². The minimum atomic E-state index is -4.34. The van der Waals surface area contributed by atoms with Gasteiger partial charge in [0.25, 0.3) is 15.9 Å².